The molecule has 4 nitrogen and oxygen atoms in total. The van der Waals surface area contributed by atoms with Gasteiger partial charge in [0.2, 0.25) is 0 Å². The predicted molar refractivity (Wildman–Crippen MR) is 74.2 cm³/mol. The molecule has 2 aliphatic rings. The van der Waals surface area contributed by atoms with Gasteiger partial charge in [0, 0.05) is 0 Å². The summed E-state index contributed by atoms with van der Waals surface area (Å²) in [6, 6.07) is 5.24. The lowest BCUT2D eigenvalue weighted by Crippen LogP contribution is -2.07. The van der Waals surface area contributed by atoms with Crippen LogP contribution in [0.25, 0.3) is 0 Å². The summed E-state index contributed by atoms with van der Waals surface area (Å²) >= 11 is 0. The Bertz CT molecular complexity index is 489. The topological polar surface area (TPSA) is 44.8 Å². The third-order valence-corrected chi connectivity index (χ3v) is 3.71. The summed E-state index contributed by atoms with van der Waals surface area (Å²) in [6.45, 7) is 1.43. The van der Waals surface area contributed by atoms with Gasteiger partial charge < -0.3 is 14.2 Å². The van der Waals surface area contributed by atoms with Gasteiger partial charge in [-0.2, -0.15) is 0 Å². The monoisotopic (exact) mass is 276 g/mol. The van der Waals surface area contributed by atoms with Crippen LogP contribution >= 0.6 is 0 Å². The van der Waals surface area contributed by atoms with Crippen LogP contribution in [0.15, 0.2) is 18.2 Å². The van der Waals surface area contributed by atoms with Gasteiger partial charge in [-0.3, -0.25) is 0 Å². The van der Waals surface area contributed by atoms with Crippen LogP contribution in [-0.4, -0.2) is 26.3 Å². The van der Waals surface area contributed by atoms with Gasteiger partial charge in [0.25, 0.3) is 0 Å². The normalized spacial score (nSPS) is 17.6. The number of benzene rings is 1. The molecule has 0 amide bonds. The molecule has 0 radical (unpaired) electrons. The van der Waals surface area contributed by atoms with Crippen molar-refractivity contribution in [3.8, 4) is 11.5 Å². The van der Waals surface area contributed by atoms with E-state index in [9.17, 15) is 4.79 Å². The van der Waals surface area contributed by atoms with Crippen LogP contribution in [0.5, 0.6) is 11.5 Å². The average Bonchev–Trinajstić information content (AvgIpc) is 3.36. The molecule has 2 fully saturated rings. The lowest BCUT2D eigenvalue weighted by Gasteiger charge is -2.13. The van der Waals surface area contributed by atoms with Crippen LogP contribution in [0.1, 0.15) is 36.0 Å². The first-order valence-electron chi connectivity index (χ1n) is 7.24. The smallest absolute Gasteiger partial charge is 0.337 e. The molecule has 0 saturated heterocycles. The Labute approximate surface area is 119 Å². The molecule has 4 heteroatoms. The maximum Gasteiger partial charge on any atom is 0.337 e. The highest BCUT2D eigenvalue weighted by Gasteiger charge is 2.25. The first-order valence-corrected chi connectivity index (χ1v) is 7.24. The first kappa shape index (κ1) is 13.3. The third kappa shape index (κ3) is 3.44. The molecular formula is C16H20O4. The first-order chi connectivity index (χ1) is 9.76. The number of carbonyl (C=O) groups is 1. The van der Waals surface area contributed by atoms with E-state index in [1.807, 2.05) is 0 Å². The Morgan fingerprint density at radius 3 is 2.20 bits per heavy atom. The summed E-state index contributed by atoms with van der Waals surface area (Å²) < 4.78 is 16.4. The third-order valence-electron chi connectivity index (χ3n) is 3.71. The molecule has 0 heterocycles. The number of rotatable bonds is 7. The van der Waals surface area contributed by atoms with E-state index in [0.29, 0.717) is 29.8 Å². The van der Waals surface area contributed by atoms with Crippen molar-refractivity contribution in [2.24, 2.45) is 11.8 Å². The Kier molecular flexibility index (Phi) is 3.81. The van der Waals surface area contributed by atoms with Crippen molar-refractivity contribution in [3.05, 3.63) is 23.8 Å². The van der Waals surface area contributed by atoms with E-state index in [0.717, 1.165) is 12.4 Å². The van der Waals surface area contributed by atoms with E-state index >= 15 is 0 Å². The number of hydrogen-bond acceptors (Lipinski definition) is 4. The van der Waals surface area contributed by atoms with Crippen molar-refractivity contribution in [1.29, 1.82) is 0 Å². The predicted octanol–water partition coefficient (Wildman–Crippen LogP) is 3.05. The average molecular weight is 276 g/mol. The van der Waals surface area contributed by atoms with Crippen molar-refractivity contribution < 1.29 is 19.0 Å². The second-order valence-electron chi connectivity index (χ2n) is 5.66. The van der Waals surface area contributed by atoms with Gasteiger partial charge in [-0.25, -0.2) is 4.79 Å². The van der Waals surface area contributed by atoms with Crippen molar-refractivity contribution in [1.82, 2.24) is 0 Å². The highest BCUT2D eigenvalue weighted by Crippen LogP contribution is 2.35. The second-order valence-corrected chi connectivity index (χ2v) is 5.66. The fourth-order valence-corrected chi connectivity index (χ4v) is 1.97. The van der Waals surface area contributed by atoms with Crippen LogP contribution in [0.4, 0.5) is 0 Å². The molecule has 2 aliphatic carbocycles. The summed E-state index contributed by atoms with van der Waals surface area (Å²) in [6.07, 6.45) is 4.96. The standard InChI is InChI=1S/C16H20O4/c1-18-16(17)13-6-7-14(19-9-11-2-3-11)15(8-13)20-10-12-4-5-12/h6-8,11-12H,2-5,9-10H2,1H3. The molecule has 0 unspecified atom stereocenters. The molecule has 2 saturated carbocycles. The number of methoxy groups -OCH3 is 1. The summed E-state index contributed by atoms with van der Waals surface area (Å²) in [7, 11) is 1.38. The quantitative estimate of drug-likeness (QED) is 0.718. The Hall–Kier alpha value is -1.71. The lowest BCUT2D eigenvalue weighted by atomic mass is 10.2. The molecule has 0 spiro atoms. The summed E-state index contributed by atoms with van der Waals surface area (Å²) in [5.41, 5.74) is 0.497. The lowest BCUT2D eigenvalue weighted by molar-refractivity contribution is 0.0600. The molecule has 0 aromatic heterocycles. The maximum atomic E-state index is 11.6. The molecule has 3 rings (SSSR count). The summed E-state index contributed by atoms with van der Waals surface area (Å²) in [4.78, 5) is 11.6. The number of esters is 1. The number of hydrogen-bond donors (Lipinski definition) is 0. The zero-order valence-corrected chi connectivity index (χ0v) is 11.8. The molecule has 0 atom stereocenters. The SMILES string of the molecule is COC(=O)c1ccc(OCC2CC2)c(OCC2CC2)c1. The second kappa shape index (κ2) is 5.73. The van der Waals surface area contributed by atoms with E-state index in [4.69, 9.17) is 14.2 Å². The van der Waals surface area contributed by atoms with Crippen LogP contribution in [0.3, 0.4) is 0 Å². The van der Waals surface area contributed by atoms with Crippen molar-refractivity contribution >= 4 is 5.97 Å². The number of carbonyl (C=O) groups excluding carboxylic acids is 1. The van der Waals surface area contributed by atoms with Crippen molar-refractivity contribution in [3.63, 3.8) is 0 Å². The van der Waals surface area contributed by atoms with Gasteiger partial charge in [-0.1, -0.05) is 0 Å². The fourth-order valence-electron chi connectivity index (χ4n) is 1.97. The molecular weight excluding hydrogens is 256 g/mol. The zero-order valence-electron chi connectivity index (χ0n) is 11.8. The van der Waals surface area contributed by atoms with Gasteiger partial charge >= 0.3 is 5.97 Å². The van der Waals surface area contributed by atoms with E-state index < -0.39 is 0 Å². The molecule has 20 heavy (non-hydrogen) atoms. The van der Waals surface area contributed by atoms with E-state index in [2.05, 4.69) is 0 Å². The minimum atomic E-state index is -0.352. The highest BCUT2D eigenvalue weighted by atomic mass is 16.5. The van der Waals surface area contributed by atoms with Crippen LogP contribution in [0.2, 0.25) is 0 Å². The molecule has 0 bridgehead atoms. The van der Waals surface area contributed by atoms with Crippen molar-refractivity contribution in [2.45, 2.75) is 25.7 Å². The zero-order chi connectivity index (χ0) is 13.9. The van der Waals surface area contributed by atoms with Gasteiger partial charge in [-0.05, 0) is 55.7 Å². The van der Waals surface area contributed by atoms with Crippen LogP contribution in [-0.2, 0) is 4.74 Å². The largest absolute Gasteiger partial charge is 0.489 e. The summed E-state index contributed by atoms with van der Waals surface area (Å²) in [5.74, 6) is 2.38. The maximum absolute atomic E-state index is 11.6. The molecule has 108 valence electrons. The van der Waals surface area contributed by atoms with Gasteiger partial charge in [0.1, 0.15) is 0 Å². The van der Waals surface area contributed by atoms with Gasteiger partial charge in [0.15, 0.2) is 11.5 Å². The minimum Gasteiger partial charge on any atom is -0.489 e. The molecule has 0 aliphatic heterocycles. The van der Waals surface area contributed by atoms with Gasteiger partial charge in [-0.15, -0.1) is 0 Å². The van der Waals surface area contributed by atoms with Crippen LogP contribution < -0.4 is 9.47 Å². The molecule has 1 aromatic rings. The highest BCUT2D eigenvalue weighted by molar-refractivity contribution is 5.90. The fraction of sp³-hybridized carbons (Fsp3) is 0.562. The Morgan fingerprint density at radius 1 is 1.05 bits per heavy atom. The Morgan fingerprint density at radius 2 is 1.65 bits per heavy atom. The van der Waals surface area contributed by atoms with Crippen LogP contribution in [0, 0.1) is 11.8 Å². The van der Waals surface area contributed by atoms with E-state index in [1.165, 1.54) is 32.8 Å². The van der Waals surface area contributed by atoms with Gasteiger partial charge in [0.05, 0.1) is 25.9 Å². The minimum absolute atomic E-state index is 0.352. The van der Waals surface area contributed by atoms with E-state index in [1.54, 1.807) is 18.2 Å². The summed E-state index contributed by atoms with van der Waals surface area (Å²) in [5, 5.41) is 0. The van der Waals surface area contributed by atoms with Crippen molar-refractivity contribution in [2.75, 3.05) is 20.3 Å². The molecule has 1 aromatic carbocycles. The Balaban J connectivity index is 1.72. The van der Waals surface area contributed by atoms with E-state index in [-0.39, 0.29) is 5.97 Å². The molecule has 0 N–H and O–H groups in total. The number of ether oxygens (including phenoxy) is 3.